The molecule has 0 aliphatic rings. The van der Waals surface area contributed by atoms with Crippen LogP contribution in [0.3, 0.4) is 0 Å². The van der Waals surface area contributed by atoms with Crippen molar-refractivity contribution < 1.29 is 14.3 Å². The van der Waals surface area contributed by atoms with Crippen LogP contribution in [0.1, 0.15) is 57.9 Å². The summed E-state index contributed by atoms with van der Waals surface area (Å²) in [5, 5.41) is 14.8. The van der Waals surface area contributed by atoms with Crippen molar-refractivity contribution in [3.63, 3.8) is 0 Å². The van der Waals surface area contributed by atoms with Crippen LogP contribution in [0.25, 0.3) is 0 Å². The molecule has 3 rings (SSSR count). The van der Waals surface area contributed by atoms with E-state index in [1.54, 1.807) is 24.3 Å². The molecule has 2 N–H and O–H groups in total. The molecule has 0 atom stereocenters. The van der Waals surface area contributed by atoms with Gasteiger partial charge in [0.15, 0.2) is 0 Å². The molecule has 0 unspecified atom stereocenters. The highest BCUT2D eigenvalue weighted by Gasteiger charge is 2.14. The molecule has 1 heterocycles. The number of anilines is 1. The van der Waals surface area contributed by atoms with Crippen molar-refractivity contribution >= 4 is 28.8 Å². The quantitative estimate of drug-likeness (QED) is 0.514. The average molecular weight is 439 g/mol. The summed E-state index contributed by atoms with van der Waals surface area (Å²) in [6.07, 6.45) is 1.86. The van der Waals surface area contributed by atoms with Gasteiger partial charge in [0.25, 0.3) is 11.8 Å². The van der Waals surface area contributed by atoms with E-state index < -0.39 is 0 Å². The fourth-order valence-electron chi connectivity index (χ4n) is 2.83. The zero-order valence-corrected chi connectivity index (χ0v) is 18.7. The Bertz CT molecular complexity index is 1030. The maximum atomic E-state index is 12.5. The van der Waals surface area contributed by atoms with Crippen LogP contribution in [0.5, 0.6) is 5.75 Å². The van der Waals surface area contributed by atoms with E-state index in [-0.39, 0.29) is 17.9 Å². The summed E-state index contributed by atoms with van der Waals surface area (Å²) in [5.74, 6) is 0.242. The van der Waals surface area contributed by atoms with Gasteiger partial charge in [0, 0.05) is 24.2 Å². The lowest BCUT2D eigenvalue weighted by molar-refractivity contribution is 0.0949. The molecule has 0 bridgehead atoms. The summed E-state index contributed by atoms with van der Waals surface area (Å²) in [7, 11) is 0. The van der Waals surface area contributed by atoms with E-state index in [9.17, 15) is 9.59 Å². The molecular formula is C23H26N4O3S. The molecule has 8 heteroatoms. The Balaban J connectivity index is 1.57. The first-order chi connectivity index (χ1) is 14.9. The summed E-state index contributed by atoms with van der Waals surface area (Å²) in [4.78, 5) is 24.9. The van der Waals surface area contributed by atoms with Crippen LogP contribution in [0.4, 0.5) is 5.69 Å². The zero-order chi connectivity index (χ0) is 22.2. The number of benzene rings is 2. The molecular weight excluding hydrogens is 412 g/mol. The molecule has 3 aromatic rings. The normalized spacial score (nSPS) is 10.7. The third-order valence-electron chi connectivity index (χ3n) is 4.26. The average Bonchev–Trinajstić information content (AvgIpc) is 3.22. The summed E-state index contributed by atoms with van der Waals surface area (Å²) >= 11 is 1.28. The van der Waals surface area contributed by atoms with Crippen molar-refractivity contribution in [3.05, 3.63) is 69.7 Å². The topological polar surface area (TPSA) is 93.2 Å². The summed E-state index contributed by atoms with van der Waals surface area (Å²) in [5.41, 5.74) is 1.95. The second-order valence-electron chi connectivity index (χ2n) is 7.28. The predicted molar refractivity (Wildman–Crippen MR) is 122 cm³/mol. The minimum Gasteiger partial charge on any atom is -0.491 e. The van der Waals surface area contributed by atoms with E-state index in [2.05, 4.69) is 20.8 Å². The van der Waals surface area contributed by atoms with E-state index in [1.165, 1.54) is 11.3 Å². The van der Waals surface area contributed by atoms with Gasteiger partial charge in [-0.3, -0.25) is 9.59 Å². The first kappa shape index (κ1) is 22.4. The first-order valence-corrected chi connectivity index (χ1v) is 11.0. The highest BCUT2D eigenvalue weighted by molar-refractivity contribution is 7.13. The molecule has 2 aromatic carbocycles. The lowest BCUT2D eigenvalue weighted by Gasteiger charge is -2.11. The molecule has 0 aliphatic carbocycles. The SMILES string of the molecule is CCCc1nnc(C(=O)Nc2cccc(C(=O)NCc3ccc(OC(C)C)cc3)c2)s1. The van der Waals surface area contributed by atoms with Crippen LogP contribution in [0.15, 0.2) is 48.5 Å². The maximum Gasteiger partial charge on any atom is 0.286 e. The molecule has 1 aromatic heterocycles. The Hall–Kier alpha value is -3.26. The maximum absolute atomic E-state index is 12.5. The van der Waals surface area contributed by atoms with E-state index in [0.717, 1.165) is 29.2 Å². The van der Waals surface area contributed by atoms with Crippen LogP contribution in [0, 0.1) is 0 Å². The van der Waals surface area contributed by atoms with Gasteiger partial charge in [-0.15, -0.1) is 10.2 Å². The number of aromatic nitrogens is 2. The van der Waals surface area contributed by atoms with Crippen molar-refractivity contribution in [3.8, 4) is 5.75 Å². The molecule has 2 amide bonds. The van der Waals surface area contributed by atoms with Gasteiger partial charge in [-0.1, -0.05) is 36.5 Å². The number of aryl methyl sites for hydroxylation is 1. The predicted octanol–water partition coefficient (Wildman–Crippen LogP) is 4.46. The van der Waals surface area contributed by atoms with Crippen LogP contribution in [-0.2, 0) is 13.0 Å². The number of carbonyl (C=O) groups is 2. The standard InChI is InChI=1S/C23H26N4O3S/c1-4-6-20-26-27-23(31-20)22(29)25-18-8-5-7-17(13-18)21(28)24-14-16-9-11-19(12-10-16)30-15(2)3/h5,7-13,15H,4,6,14H2,1-3H3,(H,24,28)(H,25,29). The van der Waals surface area contributed by atoms with Gasteiger partial charge in [0.05, 0.1) is 6.10 Å². The molecule has 0 saturated carbocycles. The fraction of sp³-hybridized carbons (Fsp3) is 0.304. The largest absolute Gasteiger partial charge is 0.491 e. The first-order valence-electron chi connectivity index (χ1n) is 10.2. The highest BCUT2D eigenvalue weighted by Crippen LogP contribution is 2.17. The van der Waals surface area contributed by atoms with Gasteiger partial charge < -0.3 is 15.4 Å². The Morgan fingerprint density at radius 1 is 1.06 bits per heavy atom. The van der Waals surface area contributed by atoms with Crippen molar-refractivity contribution in [2.75, 3.05) is 5.32 Å². The minimum absolute atomic E-state index is 0.114. The highest BCUT2D eigenvalue weighted by atomic mass is 32.1. The van der Waals surface area contributed by atoms with Crippen LogP contribution in [0.2, 0.25) is 0 Å². The lowest BCUT2D eigenvalue weighted by atomic mass is 10.1. The summed E-state index contributed by atoms with van der Waals surface area (Å²) in [6, 6.07) is 14.4. The minimum atomic E-state index is -0.332. The molecule has 31 heavy (non-hydrogen) atoms. The molecule has 0 aliphatic heterocycles. The molecule has 0 fully saturated rings. The number of carbonyl (C=O) groups excluding carboxylic acids is 2. The fourth-order valence-corrected chi connectivity index (χ4v) is 3.66. The van der Waals surface area contributed by atoms with E-state index in [0.29, 0.717) is 22.8 Å². The zero-order valence-electron chi connectivity index (χ0n) is 17.8. The van der Waals surface area contributed by atoms with E-state index in [4.69, 9.17) is 4.74 Å². The van der Waals surface area contributed by atoms with Crippen LogP contribution < -0.4 is 15.4 Å². The van der Waals surface area contributed by atoms with Crippen molar-refractivity contribution in [2.45, 2.75) is 46.3 Å². The third kappa shape index (κ3) is 6.62. The molecule has 0 radical (unpaired) electrons. The van der Waals surface area contributed by atoms with Gasteiger partial charge in [0.2, 0.25) is 5.01 Å². The lowest BCUT2D eigenvalue weighted by Crippen LogP contribution is -2.23. The number of amides is 2. The van der Waals surface area contributed by atoms with Gasteiger partial charge in [0.1, 0.15) is 10.8 Å². The number of hydrogen-bond donors (Lipinski definition) is 2. The summed E-state index contributed by atoms with van der Waals surface area (Å²) < 4.78 is 5.62. The van der Waals surface area contributed by atoms with Crippen LogP contribution in [-0.4, -0.2) is 28.1 Å². The Morgan fingerprint density at radius 2 is 1.84 bits per heavy atom. The number of nitrogens with one attached hydrogen (secondary N) is 2. The number of rotatable bonds is 9. The molecule has 7 nitrogen and oxygen atoms in total. The van der Waals surface area contributed by atoms with Gasteiger partial charge >= 0.3 is 0 Å². The van der Waals surface area contributed by atoms with E-state index >= 15 is 0 Å². The molecule has 162 valence electrons. The summed E-state index contributed by atoms with van der Waals surface area (Å²) in [6.45, 7) is 6.39. The third-order valence-corrected chi connectivity index (χ3v) is 5.24. The Morgan fingerprint density at radius 3 is 2.55 bits per heavy atom. The van der Waals surface area contributed by atoms with Gasteiger partial charge in [-0.05, 0) is 56.2 Å². The van der Waals surface area contributed by atoms with Crippen molar-refractivity contribution in [2.24, 2.45) is 0 Å². The monoisotopic (exact) mass is 438 g/mol. The van der Waals surface area contributed by atoms with Crippen molar-refractivity contribution in [1.82, 2.24) is 15.5 Å². The smallest absolute Gasteiger partial charge is 0.286 e. The number of nitrogens with zero attached hydrogens (tertiary/aromatic N) is 2. The number of hydrogen-bond acceptors (Lipinski definition) is 6. The number of ether oxygens (including phenoxy) is 1. The van der Waals surface area contributed by atoms with E-state index in [1.807, 2.05) is 45.0 Å². The van der Waals surface area contributed by atoms with Crippen molar-refractivity contribution in [1.29, 1.82) is 0 Å². The van der Waals surface area contributed by atoms with Crippen LogP contribution >= 0.6 is 11.3 Å². The second-order valence-corrected chi connectivity index (χ2v) is 8.34. The molecule has 0 spiro atoms. The van der Waals surface area contributed by atoms with Gasteiger partial charge in [-0.2, -0.15) is 0 Å². The Kier molecular flexibility index (Phi) is 7.72. The second kappa shape index (κ2) is 10.7. The van der Waals surface area contributed by atoms with Gasteiger partial charge in [-0.25, -0.2) is 0 Å². The Labute approximate surface area is 185 Å². The molecule has 0 saturated heterocycles.